The second-order valence-corrected chi connectivity index (χ2v) is 7.07. The van der Waals surface area contributed by atoms with Crippen LogP contribution < -0.4 is 5.32 Å². The van der Waals surface area contributed by atoms with Crippen LogP contribution in [-0.4, -0.2) is 25.3 Å². The van der Waals surface area contributed by atoms with Crippen molar-refractivity contribution in [3.63, 3.8) is 0 Å². The zero-order valence-electron chi connectivity index (χ0n) is 12.4. The molecule has 0 aromatic carbocycles. The van der Waals surface area contributed by atoms with Gasteiger partial charge < -0.3 is 10.1 Å². The number of hydrogen-bond donors (Lipinski definition) is 1. The maximum absolute atomic E-state index is 5.97. The van der Waals surface area contributed by atoms with Crippen molar-refractivity contribution < 1.29 is 4.74 Å². The van der Waals surface area contributed by atoms with E-state index in [1.807, 2.05) is 11.3 Å². The average Bonchev–Trinajstić information content (AvgIpc) is 2.77. The van der Waals surface area contributed by atoms with Gasteiger partial charge in [-0.3, -0.25) is 0 Å². The van der Waals surface area contributed by atoms with E-state index < -0.39 is 0 Å². The lowest BCUT2D eigenvalue weighted by Gasteiger charge is -2.30. The van der Waals surface area contributed by atoms with E-state index in [-0.39, 0.29) is 6.10 Å². The Kier molecular flexibility index (Phi) is 8.23. The summed E-state index contributed by atoms with van der Waals surface area (Å²) in [6, 6.07) is 2.61. The smallest absolute Gasteiger partial charge is 0.0754 e. The number of ether oxygens (including phenoxy) is 1. The van der Waals surface area contributed by atoms with Gasteiger partial charge in [-0.15, -0.1) is 11.3 Å². The molecular weight excluding hydrogens is 322 g/mol. The Morgan fingerprint density at radius 1 is 1.37 bits per heavy atom. The summed E-state index contributed by atoms with van der Waals surface area (Å²) in [4.78, 5) is 1.41. The Morgan fingerprint density at radius 3 is 2.58 bits per heavy atom. The summed E-state index contributed by atoms with van der Waals surface area (Å²) in [5, 5.41) is 5.81. The van der Waals surface area contributed by atoms with Gasteiger partial charge in [0.05, 0.1) is 6.10 Å². The van der Waals surface area contributed by atoms with Crippen LogP contribution in [-0.2, 0) is 11.2 Å². The SMILES string of the molecule is CCCNC(Cc1cc(Br)cs1)C(OCC)C(C)C. The van der Waals surface area contributed by atoms with Crippen LogP contribution in [0.4, 0.5) is 0 Å². The standard InChI is InChI=1S/C15H26BrNOS/c1-5-7-17-14(15(11(3)4)18-6-2)9-13-8-12(16)10-19-13/h8,10-11,14-15,17H,5-7,9H2,1-4H3. The summed E-state index contributed by atoms with van der Waals surface area (Å²) in [5.41, 5.74) is 0. The van der Waals surface area contributed by atoms with Crippen LogP contribution in [0.5, 0.6) is 0 Å². The topological polar surface area (TPSA) is 21.3 Å². The molecule has 0 spiro atoms. The van der Waals surface area contributed by atoms with Gasteiger partial charge in [-0.1, -0.05) is 20.8 Å². The molecule has 1 rings (SSSR count). The summed E-state index contributed by atoms with van der Waals surface area (Å²) >= 11 is 5.35. The van der Waals surface area contributed by atoms with Crippen LogP contribution in [0.2, 0.25) is 0 Å². The van der Waals surface area contributed by atoms with Crippen molar-refractivity contribution in [1.82, 2.24) is 5.32 Å². The Bertz CT molecular complexity index is 354. The van der Waals surface area contributed by atoms with E-state index in [2.05, 4.69) is 60.4 Å². The molecule has 1 heterocycles. The monoisotopic (exact) mass is 347 g/mol. The van der Waals surface area contributed by atoms with Crippen LogP contribution in [0.3, 0.4) is 0 Å². The van der Waals surface area contributed by atoms with Crippen molar-refractivity contribution in [3.05, 3.63) is 20.8 Å². The van der Waals surface area contributed by atoms with Gasteiger partial charge in [0.2, 0.25) is 0 Å². The fourth-order valence-corrected chi connectivity index (χ4v) is 3.79. The number of halogens is 1. The highest BCUT2D eigenvalue weighted by Gasteiger charge is 2.25. The van der Waals surface area contributed by atoms with E-state index in [0.717, 1.165) is 26.0 Å². The maximum atomic E-state index is 5.97. The molecule has 0 fully saturated rings. The Balaban J connectivity index is 2.73. The first-order chi connectivity index (χ1) is 9.08. The van der Waals surface area contributed by atoms with Gasteiger partial charge in [-0.2, -0.15) is 0 Å². The summed E-state index contributed by atoms with van der Waals surface area (Å²) in [7, 11) is 0. The van der Waals surface area contributed by atoms with Gasteiger partial charge >= 0.3 is 0 Å². The molecule has 0 bridgehead atoms. The minimum Gasteiger partial charge on any atom is -0.377 e. The van der Waals surface area contributed by atoms with Crippen LogP contribution in [0, 0.1) is 5.92 Å². The zero-order valence-corrected chi connectivity index (χ0v) is 14.8. The second-order valence-electron chi connectivity index (χ2n) is 5.16. The number of hydrogen-bond acceptors (Lipinski definition) is 3. The molecule has 1 aromatic heterocycles. The molecule has 1 aromatic rings. The third-order valence-corrected chi connectivity index (χ3v) is 4.83. The highest BCUT2D eigenvalue weighted by molar-refractivity contribution is 9.10. The molecule has 0 saturated heterocycles. The van der Waals surface area contributed by atoms with E-state index in [1.54, 1.807) is 0 Å². The molecule has 0 aliphatic heterocycles. The van der Waals surface area contributed by atoms with Gasteiger partial charge in [0.25, 0.3) is 0 Å². The molecular formula is C15H26BrNOS. The zero-order chi connectivity index (χ0) is 14.3. The number of rotatable bonds is 9. The lowest BCUT2D eigenvalue weighted by atomic mass is 9.96. The van der Waals surface area contributed by atoms with Gasteiger partial charge in [-0.25, -0.2) is 0 Å². The van der Waals surface area contributed by atoms with Crippen LogP contribution >= 0.6 is 27.3 Å². The van der Waals surface area contributed by atoms with E-state index in [1.165, 1.54) is 9.35 Å². The number of thiophene rings is 1. The minimum absolute atomic E-state index is 0.275. The summed E-state index contributed by atoms with van der Waals surface area (Å²) in [5.74, 6) is 0.526. The Labute approximate surface area is 130 Å². The van der Waals surface area contributed by atoms with Crippen molar-refractivity contribution >= 4 is 27.3 Å². The molecule has 110 valence electrons. The van der Waals surface area contributed by atoms with E-state index in [4.69, 9.17) is 4.74 Å². The second kappa shape index (κ2) is 9.11. The third kappa shape index (κ3) is 5.94. The largest absolute Gasteiger partial charge is 0.377 e. The Hall–Kier alpha value is 0.1000. The lowest BCUT2D eigenvalue weighted by molar-refractivity contribution is 0.00380. The fraction of sp³-hybridized carbons (Fsp3) is 0.733. The van der Waals surface area contributed by atoms with Gasteiger partial charge in [-0.05, 0) is 54.2 Å². The first-order valence-corrected chi connectivity index (χ1v) is 8.83. The predicted molar refractivity (Wildman–Crippen MR) is 88.1 cm³/mol. The summed E-state index contributed by atoms with van der Waals surface area (Å²) in [6.45, 7) is 10.6. The van der Waals surface area contributed by atoms with Crippen molar-refractivity contribution in [2.24, 2.45) is 5.92 Å². The molecule has 0 amide bonds. The van der Waals surface area contributed by atoms with Crippen molar-refractivity contribution in [2.45, 2.75) is 52.7 Å². The summed E-state index contributed by atoms with van der Waals surface area (Å²) < 4.78 is 7.15. The molecule has 0 aliphatic carbocycles. The van der Waals surface area contributed by atoms with Crippen molar-refractivity contribution in [3.8, 4) is 0 Å². The first-order valence-electron chi connectivity index (χ1n) is 7.16. The normalized spacial score (nSPS) is 14.8. The predicted octanol–water partition coefficient (Wildman–Crippen LogP) is 4.48. The van der Waals surface area contributed by atoms with Gasteiger partial charge in [0.15, 0.2) is 0 Å². The molecule has 1 N–H and O–H groups in total. The summed E-state index contributed by atoms with van der Waals surface area (Å²) in [6.07, 6.45) is 2.47. The quantitative estimate of drug-likeness (QED) is 0.710. The molecule has 0 saturated carbocycles. The molecule has 2 unspecified atom stereocenters. The molecule has 0 aliphatic rings. The highest BCUT2D eigenvalue weighted by atomic mass is 79.9. The van der Waals surface area contributed by atoms with E-state index in [0.29, 0.717) is 12.0 Å². The van der Waals surface area contributed by atoms with Gasteiger partial charge in [0, 0.05) is 27.4 Å². The van der Waals surface area contributed by atoms with E-state index in [9.17, 15) is 0 Å². The fourth-order valence-electron chi connectivity index (χ4n) is 2.28. The third-order valence-electron chi connectivity index (χ3n) is 3.11. The first kappa shape index (κ1) is 17.2. The van der Waals surface area contributed by atoms with Crippen LogP contribution in [0.15, 0.2) is 15.9 Å². The van der Waals surface area contributed by atoms with Gasteiger partial charge in [0.1, 0.15) is 0 Å². The van der Waals surface area contributed by atoms with Crippen molar-refractivity contribution in [1.29, 1.82) is 0 Å². The molecule has 0 radical (unpaired) electrons. The van der Waals surface area contributed by atoms with Crippen molar-refractivity contribution in [2.75, 3.05) is 13.2 Å². The number of nitrogens with one attached hydrogen (secondary N) is 1. The van der Waals surface area contributed by atoms with Crippen LogP contribution in [0.1, 0.15) is 39.0 Å². The Morgan fingerprint density at radius 2 is 2.11 bits per heavy atom. The molecule has 4 heteroatoms. The molecule has 19 heavy (non-hydrogen) atoms. The maximum Gasteiger partial charge on any atom is 0.0754 e. The average molecular weight is 348 g/mol. The van der Waals surface area contributed by atoms with E-state index >= 15 is 0 Å². The lowest BCUT2D eigenvalue weighted by Crippen LogP contribution is -2.46. The minimum atomic E-state index is 0.275. The highest BCUT2D eigenvalue weighted by Crippen LogP contribution is 2.23. The molecule has 2 atom stereocenters. The van der Waals surface area contributed by atoms with Crippen LogP contribution in [0.25, 0.3) is 0 Å². The molecule has 2 nitrogen and oxygen atoms in total.